The van der Waals surface area contributed by atoms with Crippen molar-refractivity contribution in [3.63, 3.8) is 0 Å². The minimum absolute atomic E-state index is 0.0680. The van der Waals surface area contributed by atoms with E-state index in [2.05, 4.69) is 28.4 Å². The Morgan fingerprint density at radius 2 is 1.96 bits per heavy atom. The lowest BCUT2D eigenvalue weighted by molar-refractivity contribution is -0.157. The number of amides is 5. The number of nitrogens with one attached hydrogen (secondary N) is 1. The van der Waals surface area contributed by atoms with Gasteiger partial charge in [-0.3, -0.25) is 9.59 Å². The van der Waals surface area contributed by atoms with E-state index >= 15 is 0 Å². The zero-order chi connectivity index (χ0) is 34.7. The Morgan fingerprint density at radius 1 is 1.16 bits per heavy atom. The Morgan fingerprint density at radius 3 is 2.67 bits per heavy atom. The number of ether oxygens (including phenoxy) is 1. The first-order valence-electron chi connectivity index (χ1n) is 16.0. The topological polar surface area (TPSA) is 145 Å². The van der Waals surface area contributed by atoms with Crippen molar-refractivity contribution in [1.29, 1.82) is 0 Å². The highest BCUT2D eigenvalue weighted by Gasteiger charge is 2.52. The molecule has 6 rings (SSSR count). The van der Waals surface area contributed by atoms with Gasteiger partial charge in [-0.25, -0.2) is 19.6 Å². The van der Waals surface area contributed by atoms with Gasteiger partial charge in [0.2, 0.25) is 11.8 Å². The molecule has 1 aliphatic carbocycles. The second-order valence-corrected chi connectivity index (χ2v) is 13.3. The molecule has 2 aliphatic heterocycles. The van der Waals surface area contributed by atoms with Crippen molar-refractivity contribution in [2.24, 2.45) is 0 Å². The number of carbonyl (C=O) groups is 4. The third-order valence-corrected chi connectivity index (χ3v) is 9.52. The predicted octanol–water partition coefficient (Wildman–Crippen LogP) is 3.20. The van der Waals surface area contributed by atoms with Gasteiger partial charge in [0.15, 0.2) is 5.13 Å². The molecule has 5 amide bonds. The zero-order valence-corrected chi connectivity index (χ0v) is 28.2. The molecule has 2 saturated heterocycles. The van der Waals surface area contributed by atoms with Crippen LogP contribution in [0.5, 0.6) is 5.75 Å². The van der Waals surface area contributed by atoms with Gasteiger partial charge in [-0.05, 0) is 47.7 Å². The molecule has 13 nitrogen and oxygen atoms in total. The second kappa shape index (κ2) is 14.4. The summed E-state index contributed by atoms with van der Waals surface area (Å²) in [6.07, 6.45) is 12.8. The standard InChI is InChI=1S/C35H38N8O5S/c1-4-17-41(34(46)37-19-24-9-6-5-7-10-24)42-22-30(44)43-27(18-23-13-15-26(16-14-23)48-35(47)39(2)3)32(45)40(21-29(42)43)20-25-11-8-12-28-31(25)38-33(36)49-28/h1,6,8-16,27,29H,5,7,17-22H2,2-3H3,(H2,36,38)(H,37,46)/t27-,29+/m0/s1. The lowest BCUT2D eigenvalue weighted by Gasteiger charge is -2.46. The van der Waals surface area contributed by atoms with Crippen LogP contribution in [0.15, 0.2) is 66.3 Å². The van der Waals surface area contributed by atoms with Gasteiger partial charge >= 0.3 is 12.1 Å². The highest BCUT2D eigenvalue weighted by Crippen LogP contribution is 2.32. The minimum Gasteiger partial charge on any atom is -0.410 e. The number of terminal acetylenes is 1. The fourth-order valence-corrected chi connectivity index (χ4v) is 7.07. The summed E-state index contributed by atoms with van der Waals surface area (Å²) < 4.78 is 6.26. The van der Waals surface area contributed by atoms with Crippen LogP contribution in [0.2, 0.25) is 0 Å². The third kappa shape index (κ3) is 7.23. The fourth-order valence-electron chi connectivity index (χ4n) is 6.29. The molecule has 0 unspecified atom stereocenters. The van der Waals surface area contributed by atoms with Crippen LogP contribution in [0.25, 0.3) is 10.2 Å². The summed E-state index contributed by atoms with van der Waals surface area (Å²) in [6, 6.07) is 11.3. The third-order valence-electron chi connectivity index (χ3n) is 8.67. The number of nitrogens with zero attached hydrogens (tertiary/aromatic N) is 6. The van der Waals surface area contributed by atoms with Crippen LogP contribution in [0.4, 0.5) is 14.7 Å². The van der Waals surface area contributed by atoms with Crippen LogP contribution in [-0.4, -0.2) is 106 Å². The van der Waals surface area contributed by atoms with Crippen LogP contribution < -0.4 is 15.8 Å². The van der Waals surface area contributed by atoms with Crippen molar-refractivity contribution in [3.05, 3.63) is 77.4 Å². The first-order chi connectivity index (χ1) is 23.6. The number of rotatable bonds is 9. The molecule has 3 aliphatic rings. The Balaban J connectivity index is 1.29. The average Bonchev–Trinajstić information content (AvgIpc) is 3.64. The molecule has 14 heteroatoms. The molecule has 3 N–H and O–H groups in total. The Bertz CT molecular complexity index is 1860. The van der Waals surface area contributed by atoms with Gasteiger partial charge in [-0.1, -0.05) is 59.8 Å². The number of nitrogen functional groups attached to an aromatic ring is 1. The zero-order valence-electron chi connectivity index (χ0n) is 27.4. The number of fused-ring (bicyclic) bond motifs is 2. The van der Waals surface area contributed by atoms with E-state index < -0.39 is 24.3 Å². The summed E-state index contributed by atoms with van der Waals surface area (Å²) in [6.45, 7) is 0.488. The largest absolute Gasteiger partial charge is 0.414 e. The number of urea groups is 1. The smallest absolute Gasteiger partial charge is 0.410 e. The SMILES string of the molecule is C#CCN(C(=O)NCC1=CCCC=C1)N1CC(=O)N2[C@@H](Cc3ccc(OC(=O)N(C)C)cc3)C(=O)N(Cc3cccc4sc(N)nc34)C[C@@H]21. The van der Waals surface area contributed by atoms with Gasteiger partial charge < -0.3 is 30.5 Å². The Labute approximate surface area is 288 Å². The van der Waals surface area contributed by atoms with E-state index in [0.717, 1.165) is 39.8 Å². The second-order valence-electron chi connectivity index (χ2n) is 12.2. The van der Waals surface area contributed by atoms with Crippen molar-refractivity contribution < 1.29 is 23.9 Å². The molecule has 0 spiro atoms. The molecule has 2 atom stereocenters. The van der Waals surface area contributed by atoms with Crippen molar-refractivity contribution in [2.45, 2.75) is 38.0 Å². The molecule has 0 bridgehead atoms. The van der Waals surface area contributed by atoms with Crippen molar-refractivity contribution in [3.8, 4) is 18.1 Å². The lowest BCUT2D eigenvalue weighted by atomic mass is 9.99. The first-order valence-corrected chi connectivity index (χ1v) is 16.8. The number of benzene rings is 2. The van der Waals surface area contributed by atoms with Crippen LogP contribution in [0, 0.1) is 12.3 Å². The van der Waals surface area contributed by atoms with Gasteiger partial charge in [-0.15, -0.1) is 6.42 Å². The number of piperazine rings is 1. The summed E-state index contributed by atoms with van der Waals surface area (Å²) in [5.74, 6) is 2.39. The number of hydrazine groups is 1. The molecule has 2 fully saturated rings. The number of carbonyl (C=O) groups excluding carboxylic acids is 4. The van der Waals surface area contributed by atoms with E-state index in [1.807, 2.05) is 24.3 Å². The Kier molecular flexibility index (Phi) is 9.84. The summed E-state index contributed by atoms with van der Waals surface area (Å²) >= 11 is 1.37. The molecule has 3 aromatic rings. The maximum absolute atomic E-state index is 14.3. The van der Waals surface area contributed by atoms with Gasteiger partial charge in [0.05, 0.1) is 29.9 Å². The number of anilines is 1. The van der Waals surface area contributed by atoms with E-state index in [9.17, 15) is 19.2 Å². The van der Waals surface area contributed by atoms with Crippen LogP contribution in [0.3, 0.4) is 0 Å². The predicted molar refractivity (Wildman–Crippen MR) is 186 cm³/mol. The maximum Gasteiger partial charge on any atom is 0.414 e. The molecule has 0 radical (unpaired) electrons. The van der Waals surface area contributed by atoms with Crippen molar-refractivity contribution in [1.82, 2.24) is 35.0 Å². The molecule has 49 heavy (non-hydrogen) atoms. The van der Waals surface area contributed by atoms with Crippen molar-refractivity contribution >= 4 is 50.6 Å². The lowest BCUT2D eigenvalue weighted by Crippen LogP contribution is -2.66. The van der Waals surface area contributed by atoms with E-state index in [4.69, 9.17) is 16.9 Å². The average molecular weight is 683 g/mol. The van der Waals surface area contributed by atoms with Crippen molar-refractivity contribution in [2.75, 3.05) is 46.0 Å². The number of hydrogen-bond acceptors (Lipinski definition) is 9. The normalized spacial score (nSPS) is 19.0. The fraction of sp³-hybridized carbons (Fsp3) is 0.343. The highest BCUT2D eigenvalue weighted by atomic mass is 32.1. The minimum atomic E-state index is -0.876. The first kappa shape index (κ1) is 33.5. The number of allylic oxidation sites excluding steroid dienone is 2. The summed E-state index contributed by atoms with van der Waals surface area (Å²) in [4.78, 5) is 62.9. The molecular formula is C35H38N8O5S. The molecule has 3 heterocycles. The highest BCUT2D eigenvalue weighted by molar-refractivity contribution is 7.22. The molecular weight excluding hydrogens is 645 g/mol. The number of hydrogen-bond donors (Lipinski definition) is 2. The molecule has 0 saturated carbocycles. The number of nitrogens with two attached hydrogens (primary N) is 1. The quantitative estimate of drug-likeness (QED) is 0.328. The van der Waals surface area contributed by atoms with E-state index in [0.29, 0.717) is 17.4 Å². The van der Waals surface area contributed by atoms with E-state index in [-0.39, 0.29) is 44.4 Å². The summed E-state index contributed by atoms with van der Waals surface area (Å²) in [5.41, 5.74) is 9.32. The van der Waals surface area contributed by atoms with Gasteiger partial charge in [0.1, 0.15) is 18.0 Å². The van der Waals surface area contributed by atoms with E-state index in [1.54, 1.807) is 53.2 Å². The Hall–Kier alpha value is -5.39. The van der Waals surface area contributed by atoms with Crippen LogP contribution >= 0.6 is 11.3 Å². The molecule has 2 aromatic carbocycles. The molecule has 254 valence electrons. The van der Waals surface area contributed by atoms with Gasteiger partial charge in [0, 0.05) is 33.6 Å². The number of thiazole rings is 1. The van der Waals surface area contributed by atoms with Gasteiger partial charge in [-0.2, -0.15) is 5.01 Å². The maximum atomic E-state index is 14.3. The summed E-state index contributed by atoms with van der Waals surface area (Å²) in [7, 11) is 3.18. The van der Waals surface area contributed by atoms with E-state index in [1.165, 1.54) is 21.2 Å². The van der Waals surface area contributed by atoms with Crippen LogP contribution in [-0.2, 0) is 22.6 Å². The summed E-state index contributed by atoms with van der Waals surface area (Å²) in [5, 5.41) is 6.43. The molecule has 1 aromatic heterocycles. The van der Waals surface area contributed by atoms with Crippen LogP contribution in [0.1, 0.15) is 24.0 Å². The monoisotopic (exact) mass is 682 g/mol. The number of para-hydroxylation sites is 1. The number of aromatic nitrogens is 1. The van der Waals surface area contributed by atoms with Gasteiger partial charge in [0.25, 0.3) is 0 Å².